The summed E-state index contributed by atoms with van der Waals surface area (Å²) in [6.07, 6.45) is 4.70. The Morgan fingerprint density at radius 2 is 2.33 bits per heavy atom. The van der Waals surface area contributed by atoms with Crippen LogP contribution in [0.15, 0.2) is 6.20 Å². The summed E-state index contributed by atoms with van der Waals surface area (Å²) in [5.74, 6) is 1.57. The Bertz CT molecular complexity index is 481. The minimum absolute atomic E-state index is 0.247. The smallest absolute Gasteiger partial charge is 0.224 e. The summed E-state index contributed by atoms with van der Waals surface area (Å²) < 4.78 is 5.97. The van der Waals surface area contributed by atoms with Gasteiger partial charge in [0.1, 0.15) is 5.82 Å². The molecule has 2 aliphatic rings. The zero-order chi connectivity index (χ0) is 14.7. The first kappa shape index (κ1) is 14.5. The number of anilines is 2. The van der Waals surface area contributed by atoms with E-state index in [0.29, 0.717) is 12.0 Å². The van der Waals surface area contributed by atoms with Gasteiger partial charge in [-0.2, -0.15) is 4.98 Å². The predicted molar refractivity (Wildman–Crippen MR) is 83.8 cm³/mol. The molecule has 6 heteroatoms. The van der Waals surface area contributed by atoms with Gasteiger partial charge < -0.3 is 15.4 Å². The molecule has 0 radical (unpaired) electrons. The Balaban J connectivity index is 1.56. The fourth-order valence-electron chi connectivity index (χ4n) is 3.08. The third-order valence-corrected chi connectivity index (χ3v) is 4.27. The second-order valence-corrected chi connectivity index (χ2v) is 5.88. The largest absolute Gasteiger partial charge is 0.373 e. The maximum absolute atomic E-state index is 5.97. The number of hydrogen-bond acceptors (Lipinski definition) is 6. The first-order valence-electron chi connectivity index (χ1n) is 7.93. The number of nitrogens with zero attached hydrogens (tertiary/aromatic N) is 3. The normalized spacial score (nSPS) is 25.6. The molecule has 0 amide bonds. The summed E-state index contributed by atoms with van der Waals surface area (Å²) in [6.45, 7) is 8.81. The highest BCUT2D eigenvalue weighted by atomic mass is 16.5. The predicted octanol–water partition coefficient (Wildman–Crippen LogP) is 1.49. The molecule has 0 saturated carbocycles. The third kappa shape index (κ3) is 3.44. The zero-order valence-electron chi connectivity index (χ0n) is 12.9. The molecule has 0 aliphatic carbocycles. The standard InChI is InChI=1S/C15H25N5O/c1-3-16-15-18-7-11(2)14(19-15)17-8-13-9-20-6-4-5-12(20)10-21-13/h7,12-13H,3-6,8-10H2,1-2H3,(H2,16,17,18,19). The van der Waals surface area contributed by atoms with Crippen LogP contribution in [-0.4, -0.2) is 59.8 Å². The molecule has 0 spiro atoms. The van der Waals surface area contributed by atoms with Gasteiger partial charge in [0.2, 0.25) is 5.95 Å². The van der Waals surface area contributed by atoms with Gasteiger partial charge >= 0.3 is 0 Å². The highest BCUT2D eigenvalue weighted by Crippen LogP contribution is 2.23. The topological polar surface area (TPSA) is 62.3 Å². The molecule has 21 heavy (non-hydrogen) atoms. The van der Waals surface area contributed by atoms with Gasteiger partial charge in [0.15, 0.2) is 0 Å². The van der Waals surface area contributed by atoms with E-state index in [0.717, 1.165) is 37.6 Å². The molecule has 116 valence electrons. The van der Waals surface area contributed by atoms with Crippen LogP contribution in [0.5, 0.6) is 0 Å². The van der Waals surface area contributed by atoms with E-state index in [2.05, 4.69) is 25.5 Å². The average Bonchev–Trinajstić information content (AvgIpc) is 2.95. The molecule has 2 N–H and O–H groups in total. The monoisotopic (exact) mass is 291 g/mol. The van der Waals surface area contributed by atoms with Crippen molar-refractivity contribution in [2.45, 2.75) is 38.8 Å². The molecular weight excluding hydrogens is 266 g/mol. The molecule has 2 unspecified atom stereocenters. The number of aryl methyl sites for hydroxylation is 1. The molecular formula is C15H25N5O. The van der Waals surface area contributed by atoms with Crippen LogP contribution in [0.4, 0.5) is 11.8 Å². The van der Waals surface area contributed by atoms with Crippen LogP contribution in [0.3, 0.4) is 0 Å². The van der Waals surface area contributed by atoms with Crippen molar-refractivity contribution in [3.05, 3.63) is 11.8 Å². The lowest BCUT2D eigenvalue weighted by Crippen LogP contribution is -2.48. The summed E-state index contributed by atoms with van der Waals surface area (Å²) in [5, 5.41) is 6.56. The highest BCUT2D eigenvalue weighted by Gasteiger charge is 2.32. The summed E-state index contributed by atoms with van der Waals surface area (Å²) in [6, 6.07) is 0.655. The molecule has 0 aromatic carbocycles. The zero-order valence-corrected chi connectivity index (χ0v) is 12.9. The molecule has 1 aromatic heterocycles. The quantitative estimate of drug-likeness (QED) is 0.857. The molecule has 6 nitrogen and oxygen atoms in total. The minimum atomic E-state index is 0.247. The van der Waals surface area contributed by atoms with Crippen molar-refractivity contribution >= 4 is 11.8 Å². The summed E-state index contributed by atoms with van der Waals surface area (Å²) in [5.41, 5.74) is 1.06. The Kier molecular flexibility index (Phi) is 4.55. The molecule has 1 aromatic rings. The summed E-state index contributed by atoms with van der Waals surface area (Å²) in [4.78, 5) is 11.3. The first-order valence-corrected chi connectivity index (χ1v) is 7.93. The number of nitrogens with one attached hydrogen (secondary N) is 2. The Hall–Kier alpha value is -1.40. The van der Waals surface area contributed by atoms with Crippen molar-refractivity contribution in [3.63, 3.8) is 0 Å². The number of fused-ring (bicyclic) bond motifs is 1. The second kappa shape index (κ2) is 6.58. The number of ether oxygens (including phenoxy) is 1. The average molecular weight is 291 g/mol. The lowest BCUT2D eigenvalue weighted by Gasteiger charge is -2.35. The highest BCUT2D eigenvalue weighted by molar-refractivity contribution is 5.46. The first-order chi connectivity index (χ1) is 10.3. The van der Waals surface area contributed by atoms with Gasteiger partial charge in [-0.15, -0.1) is 0 Å². The fourth-order valence-corrected chi connectivity index (χ4v) is 3.08. The van der Waals surface area contributed by atoms with E-state index in [1.54, 1.807) is 0 Å². The maximum atomic E-state index is 5.97. The van der Waals surface area contributed by atoms with Crippen molar-refractivity contribution in [2.24, 2.45) is 0 Å². The number of hydrogen-bond donors (Lipinski definition) is 2. The van der Waals surface area contributed by atoms with Crippen LogP contribution in [0, 0.1) is 6.92 Å². The van der Waals surface area contributed by atoms with Gasteiger partial charge in [0.25, 0.3) is 0 Å². The fraction of sp³-hybridized carbons (Fsp3) is 0.733. The Morgan fingerprint density at radius 3 is 3.19 bits per heavy atom. The maximum Gasteiger partial charge on any atom is 0.224 e. The van der Waals surface area contributed by atoms with Crippen molar-refractivity contribution in [1.82, 2.24) is 14.9 Å². The molecule has 2 aliphatic heterocycles. The van der Waals surface area contributed by atoms with Crippen LogP contribution in [0.25, 0.3) is 0 Å². The van der Waals surface area contributed by atoms with Crippen molar-refractivity contribution < 1.29 is 4.74 Å². The van der Waals surface area contributed by atoms with Gasteiger partial charge in [-0.25, -0.2) is 4.98 Å². The van der Waals surface area contributed by atoms with Crippen LogP contribution in [0.2, 0.25) is 0 Å². The van der Waals surface area contributed by atoms with E-state index in [1.807, 2.05) is 20.0 Å². The lowest BCUT2D eigenvalue weighted by molar-refractivity contribution is -0.0416. The molecule has 2 fully saturated rings. The van der Waals surface area contributed by atoms with E-state index in [1.165, 1.54) is 19.4 Å². The third-order valence-electron chi connectivity index (χ3n) is 4.27. The van der Waals surface area contributed by atoms with Gasteiger partial charge in [-0.05, 0) is 33.2 Å². The van der Waals surface area contributed by atoms with Gasteiger partial charge in [0.05, 0.1) is 12.7 Å². The molecule has 2 saturated heterocycles. The Morgan fingerprint density at radius 1 is 1.43 bits per heavy atom. The summed E-state index contributed by atoms with van der Waals surface area (Å²) >= 11 is 0. The number of rotatable bonds is 5. The van der Waals surface area contributed by atoms with Crippen LogP contribution in [-0.2, 0) is 4.74 Å². The Labute approximate surface area is 126 Å². The van der Waals surface area contributed by atoms with Crippen LogP contribution >= 0.6 is 0 Å². The van der Waals surface area contributed by atoms with Crippen molar-refractivity contribution in [3.8, 4) is 0 Å². The van der Waals surface area contributed by atoms with E-state index >= 15 is 0 Å². The van der Waals surface area contributed by atoms with Crippen LogP contribution < -0.4 is 10.6 Å². The van der Waals surface area contributed by atoms with Gasteiger partial charge in [0, 0.05) is 37.4 Å². The van der Waals surface area contributed by atoms with Gasteiger partial charge in [-0.1, -0.05) is 0 Å². The molecule has 0 bridgehead atoms. The van der Waals surface area contributed by atoms with Gasteiger partial charge in [-0.3, -0.25) is 4.90 Å². The lowest BCUT2D eigenvalue weighted by atomic mass is 10.2. The number of aromatic nitrogens is 2. The second-order valence-electron chi connectivity index (χ2n) is 5.88. The van der Waals surface area contributed by atoms with Crippen molar-refractivity contribution in [1.29, 1.82) is 0 Å². The minimum Gasteiger partial charge on any atom is -0.373 e. The summed E-state index contributed by atoms with van der Waals surface area (Å²) in [7, 11) is 0. The molecule has 2 atom stereocenters. The van der Waals surface area contributed by atoms with Crippen molar-refractivity contribution in [2.75, 3.05) is 43.4 Å². The molecule has 3 heterocycles. The van der Waals surface area contributed by atoms with E-state index in [-0.39, 0.29) is 6.10 Å². The molecule has 3 rings (SSSR count). The van der Waals surface area contributed by atoms with E-state index in [9.17, 15) is 0 Å². The van der Waals surface area contributed by atoms with Crippen LogP contribution in [0.1, 0.15) is 25.3 Å². The number of morpholine rings is 1. The van der Waals surface area contributed by atoms with E-state index < -0.39 is 0 Å². The SMILES string of the molecule is CCNc1ncc(C)c(NCC2CN3CCCC3CO2)n1. The van der Waals surface area contributed by atoms with E-state index in [4.69, 9.17) is 4.74 Å².